The summed E-state index contributed by atoms with van der Waals surface area (Å²) >= 11 is 0. The summed E-state index contributed by atoms with van der Waals surface area (Å²) in [6.07, 6.45) is 10.5. The molecule has 4 aromatic rings. The molecule has 2 aliphatic carbocycles. The number of phenolic OH excluding ortho intramolecular Hbond substituents is 1. The average molecular weight is 654 g/mol. The van der Waals surface area contributed by atoms with Crippen molar-refractivity contribution in [3.05, 3.63) is 53.8 Å². The second-order valence-corrected chi connectivity index (χ2v) is 14.9. The number of alkyl halides is 2. The highest BCUT2D eigenvalue weighted by atomic mass is 19.3. The lowest BCUT2D eigenvalue weighted by Gasteiger charge is -2.34. The molecular formula is C38H38F3N5O2. The Morgan fingerprint density at radius 3 is 2.54 bits per heavy atom. The number of aromatic nitrogens is 2. The van der Waals surface area contributed by atoms with Crippen LogP contribution >= 0.6 is 0 Å². The zero-order chi connectivity index (χ0) is 32.8. The molecule has 0 amide bonds. The molecule has 0 spiro atoms. The van der Waals surface area contributed by atoms with Gasteiger partial charge in [-0.3, -0.25) is 0 Å². The van der Waals surface area contributed by atoms with Crippen LogP contribution in [0.15, 0.2) is 42.5 Å². The van der Waals surface area contributed by atoms with E-state index in [0.29, 0.717) is 77.8 Å². The van der Waals surface area contributed by atoms with Gasteiger partial charge in [0.25, 0.3) is 5.92 Å². The lowest BCUT2D eigenvalue weighted by atomic mass is 9.93. The summed E-state index contributed by atoms with van der Waals surface area (Å²) < 4.78 is 52.1. The van der Waals surface area contributed by atoms with Crippen LogP contribution in [0.5, 0.6) is 11.8 Å². The fourth-order valence-electron chi connectivity index (χ4n) is 8.99. The molecule has 10 heteroatoms. The number of ether oxygens (including phenoxy) is 1. The largest absolute Gasteiger partial charge is 0.508 e. The fraction of sp³-hybridized carbons (Fsp3) is 0.474. The molecule has 2 N–H and O–H groups in total. The first-order valence-corrected chi connectivity index (χ1v) is 17.2. The molecule has 0 radical (unpaired) electrons. The first-order chi connectivity index (χ1) is 23.2. The zero-order valence-corrected chi connectivity index (χ0v) is 26.7. The molecule has 4 unspecified atom stereocenters. The third-order valence-corrected chi connectivity index (χ3v) is 11.6. The number of terminal acetylenes is 1. The molecule has 2 saturated carbocycles. The third-order valence-electron chi connectivity index (χ3n) is 11.6. The van der Waals surface area contributed by atoms with Crippen LogP contribution in [0.25, 0.3) is 32.8 Å². The molecule has 2 bridgehead atoms. The van der Waals surface area contributed by atoms with Crippen molar-refractivity contribution in [3.8, 4) is 35.2 Å². The second-order valence-electron chi connectivity index (χ2n) is 14.9. The molecule has 7 nitrogen and oxygen atoms in total. The summed E-state index contributed by atoms with van der Waals surface area (Å²) in [5.41, 5.74) is 1.36. The van der Waals surface area contributed by atoms with Gasteiger partial charge in [-0.1, -0.05) is 24.1 Å². The summed E-state index contributed by atoms with van der Waals surface area (Å²) in [5.74, 6) is -0.233. The van der Waals surface area contributed by atoms with Crippen LogP contribution in [0.1, 0.15) is 44.1 Å². The van der Waals surface area contributed by atoms with Crippen molar-refractivity contribution in [2.24, 2.45) is 17.3 Å². The Hall–Kier alpha value is -4.07. The number of likely N-dealkylation sites (tertiary alicyclic amines) is 1. The average Bonchev–Trinajstić information content (AvgIpc) is 3.44. The van der Waals surface area contributed by atoms with Crippen molar-refractivity contribution in [1.29, 1.82) is 0 Å². The number of benzene rings is 3. The summed E-state index contributed by atoms with van der Waals surface area (Å²) in [5, 5.41) is 16.2. The molecule has 5 aliphatic rings. The van der Waals surface area contributed by atoms with Crippen LogP contribution in [0, 0.1) is 35.4 Å². The summed E-state index contributed by atoms with van der Waals surface area (Å²) in [4.78, 5) is 14.0. The van der Waals surface area contributed by atoms with Crippen molar-refractivity contribution >= 4 is 27.5 Å². The predicted octanol–water partition coefficient (Wildman–Crippen LogP) is 6.35. The number of halogens is 3. The van der Waals surface area contributed by atoms with Crippen LogP contribution in [0.4, 0.5) is 19.0 Å². The lowest BCUT2D eigenvalue weighted by Crippen LogP contribution is -2.51. The Kier molecular flexibility index (Phi) is 6.86. The van der Waals surface area contributed by atoms with Crippen LogP contribution in [0.2, 0.25) is 0 Å². The molecule has 3 saturated heterocycles. The van der Waals surface area contributed by atoms with Gasteiger partial charge in [-0.25, -0.2) is 13.2 Å². The van der Waals surface area contributed by atoms with E-state index in [1.54, 1.807) is 24.3 Å². The Bertz CT molecular complexity index is 1980. The maximum absolute atomic E-state index is 16.9. The number of piperazine rings is 1. The highest BCUT2D eigenvalue weighted by Crippen LogP contribution is 2.52. The Morgan fingerprint density at radius 2 is 1.79 bits per heavy atom. The predicted molar refractivity (Wildman–Crippen MR) is 179 cm³/mol. The van der Waals surface area contributed by atoms with Crippen LogP contribution in [0.3, 0.4) is 0 Å². The minimum absolute atomic E-state index is 0.00560. The Morgan fingerprint density at radius 1 is 0.979 bits per heavy atom. The van der Waals surface area contributed by atoms with Gasteiger partial charge in [0.05, 0.1) is 6.61 Å². The second kappa shape index (κ2) is 11.0. The number of hydrogen-bond donors (Lipinski definition) is 2. The number of rotatable bonds is 7. The maximum atomic E-state index is 16.9. The van der Waals surface area contributed by atoms with Crippen molar-refractivity contribution in [3.63, 3.8) is 0 Å². The smallest absolute Gasteiger partial charge is 0.319 e. The normalized spacial score (nSPS) is 27.0. The SMILES string of the molecule is C#Cc1cccc2cc(O)cc(-c3ccc4c(N5CC6CCC(C5)N6)nc(OCC5(CN6CC7CCC(F)(F)C7C6)CC5)nc4c3F)c12. The van der Waals surface area contributed by atoms with E-state index in [9.17, 15) is 13.9 Å². The number of phenols is 1. The quantitative estimate of drug-likeness (QED) is 0.225. The van der Waals surface area contributed by atoms with Gasteiger partial charge in [-0.2, -0.15) is 9.97 Å². The first-order valence-electron chi connectivity index (χ1n) is 17.2. The van der Waals surface area contributed by atoms with Gasteiger partial charge >= 0.3 is 6.01 Å². The lowest BCUT2D eigenvalue weighted by molar-refractivity contribution is -0.0405. The number of anilines is 1. The van der Waals surface area contributed by atoms with Crippen molar-refractivity contribution < 1.29 is 23.0 Å². The van der Waals surface area contributed by atoms with Crippen LogP contribution < -0.4 is 15.0 Å². The number of nitrogens with one attached hydrogen (secondary N) is 1. The van der Waals surface area contributed by atoms with Crippen molar-refractivity contribution in [2.75, 3.05) is 44.2 Å². The Labute approximate surface area is 277 Å². The van der Waals surface area contributed by atoms with E-state index < -0.39 is 17.7 Å². The van der Waals surface area contributed by atoms with Gasteiger partial charge in [-0.05, 0) is 73.2 Å². The fourth-order valence-corrected chi connectivity index (χ4v) is 8.99. The van der Waals surface area contributed by atoms with Crippen molar-refractivity contribution in [2.45, 2.75) is 56.5 Å². The van der Waals surface area contributed by atoms with Gasteiger partial charge in [0.1, 0.15) is 17.1 Å². The van der Waals surface area contributed by atoms with E-state index in [1.165, 1.54) is 0 Å². The van der Waals surface area contributed by atoms with Crippen LogP contribution in [-0.2, 0) is 0 Å². The summed E-state index contributed by atoms with van der Waals surface area (Å²) in [6, 6.07) is 13.0. The molecule has 9 rings (SSSR count). The van der Waals surface area contributed by atoms with Gasteiger partial charge in [0.15, 0.2) is 5.82 Å². The van der Waals surface area contributed by atoms with Gasteiger partial charge in [0, 0.05) is 84.5 Å². The molecule has 4 atom stereocenters. The molecule has 5 fully saturated rings. The summed E-state index contributed by atoms with van der Waals surface area (Å²) in [6.45, 7) is 3.69. The molecule has 3 aliphatic heterocycles. The maximum Gasteiger partial charge on any atom is 0.319 e. The number of aromatic hydroxyl groups is 1. The molecule has 1 aromatic heterocycles. The van der Waals surface area contributed by atoms with E-state index >= 15 is 4.39 Å². The molecular weight excluding hydrogens is 615 g/mol. The molecule has 48 heavy (non-hydrogen) atoms. The van der Waals surface area contributed by atoms with Crippen LogP contribution in [-0.4, -0.2) is 77.3 Å². The molecule has 248 valence electrons. The van der Waals surface area contributed by atoms with E-state index in [0.717, 1.165) is 38.8 Å². The highest BCUT2D eigenvalue weighted by Gasteiger charge is 2.55. The van der Waals surface area contributed by atoms with E-state index in [-0.39, 0.29) is 40.6 Å². The van der Waals surface area contributed by atoms with Gasteiger partial charge < -0.3 is 25.0 Å². The topological polar surface area (TPSA) is 73.8 Å². The van der Waals surface area contributed by atoms with Crippen molar-refractivity contribution in [1.82, 2.24) is 20.2 Å². The monoisotopic (exact) mass is 653 g/mol. The third kappa shape index (κ3) is 5.05. The minimum Gasteiger partial charge on any atom is -0.508 e. The minimum atomic E-state index is -2.57. The zero-order valence-electron chi connectivity index (χ0n) is 26.7. The first kappa shape index (κ1) is 30.0. The summed E-state index contributed by atoms with van der Waals surface area (Å²) in [7, 11) is 0. The van der Waals surface area contributed by atoms with E-state index in [1.807, 2.05) is 18.2 Å². The van der Waals surface area contributed by atoms with E-state index in [2.05, 4.69) is 26.0 Å². The molecule has 3 aromatic carbocycles. The number of hydrogen-bond acceptors (Lipinski definition) is 7. The highest BCUT2D eigenvalue weighted by molar-refractivity contribution is 6.04. The van der Waals surface area contributed by atoms with Gasteiger partial charge in [-0.15, -0.1) is 6.42 Å². The molecule has 4 heterocycles. The van der Waals surface area contributed by atoms with Gasteiger partial charge in [0.2, 0.25) is 0 Å². The number of nitrogens with zero attached hydrogens (tertiary/aromatic N) is 4. The van der Waals surface area contributed by atoms with E-state index in [4.69, 9.17) is 16.1 Å². The number of fused-ring (bicyclic) bond motifs is 5. The Balaban J connectivity index is 1.07. The standard InChI is InChI=1S/C38H38F3N5O2/c1-2-22-4-3-5-23-14-27(47)15-30(32(22)23)28-8-9-29-34(33(28)39)43-36(44-35(29)46-17-25-6-7-26(18-46)42-25)48-21-37(12-13-37)20-45-16-24-10-11-38(40,41)31(24)19-45/h1,3-5,8-9,14-15,24-26,31,42,47H,6-7,10-13,16-21H2.